The van der Waals surface area contributed by atoms with Gasteiger partial charge in [0.15, 0.2) is 0 Å². The van der Waals surface area contributed by atoms with Gasteiger partial charge in [-0.1, -0.05) is 18.2 Å². The Morgan fingerprint density at radius 3 is 2.71 bits per heavy atom. The minimum Gasteiger partial charge on any atom is -0.381 e. The third kappa shape index (κ3) is 2.96. The zero-order valence-corrected chi connectivity index (χ0v) is 15.9. The van der Waals surface area contributed by atoms with Gasteiger partial charge in [-0.3, -0.25) is 9.78 Å². The van der Waals surface area contributed by atoms with Crippen LogP contribution in [0.1, 0.15) is 36.0 Å². The van der Waals surface area contributed by atoms with Crippen LogP contribution in [0.3, 0.4) is 0 Å². The van der Waals surface area contributed by atoms with Crippen LogP contribution in [0.2, 0.25) is 0 Å². The molecule has 1 spiro atoms. The van der Waals surface area contributed by atoms with E-state index in [9.17, 15) is 4.79 Å². The van der Waals surface area contributed by atoms with Gasteiger partial charge in [-0.15, -0.1) is 0 Å². The summed E-state index contributed by atoms with van der Waals surface area (Å²) in [5.74, 6) is -0.0220. The van der Waals surface area contributed by atoms with Crippen LogP contribution in [0.5, 0.6) is 0 Å². The van der Waals surface area contributed by atoms with Crippen LogP contribution in [-0.2, 0) is 4.74 Å². The van der Waals surface area contributed by atoms with Gasteiger partial charge in [-0.2, -0.15) is 0 Å². The second-order valence-electron chi connectivity index (χ2n) is 8.16. The summed E-state index contributed by atoms with van der Waals surface area (Å²) >= 11 is 0. The van der Waals surface area contributed by atoms with Crippen LogP contribution >= 0.6 is 0 Å². The van der Waals surface area contributed by atoms with E-state index < -0.39 is 0 Å². The molecule has 2 aromatic heterocycles. The van der Waals surface area contributed by atoms with E-state index in [0.29, 0.717) is 17.1 Å². The van der Waals surface area contributed by atoms with Crippen molar-refractivity contribution in [3.05, 3.63) is 60.4 Å². The van der Waals surface area contributed by atoms with Crippen molar-refractivity contribution >= 4 is 16.8 Å². The van der Waals surface area contributed by atoms with Gasteiger partial charge in [0, 0.05) is 36.5 Å². The van der Waals surface area contributed by atoms with Crippen LogP contribution in [0.25, 0.3) is 22.2 Å². The summed E-state index contributed by atoms with van der Waals surface area (Å²) in [6.07, 6.45) is 8.27. The first-order valence-corrected chi connectivity index (χ1v) is 9.80. The van der Waals surface area contributed by atoms with E-state index in [-0.39, 0.29) is 11.9 Å². The molecule has 0 radical (unpaired) electrons. The molecule has 5 heteroatoms. The molecule has 28 heavy (non-hydrogen) atoms. The number of methoxy groups -OCH3 is 1. The largest absolute Gasteiger partial charge is 0.381 e. The van der Waals surface area contributed by atoms with Crippen molar-refractivity contribution in [1.29, 1.82) is 0 Å². The van der Waals surface area contributed by atoms with E-state index in [1.165, 1.54) is 0 Å². The van der Waals surface area contributed by atoms with Crippen LogP contribution in [0, 0.1) is 5.41 Å². The van der Waals surface area contributed by atoms with Crippen molar-refractivity contribution in [1.82, 2.24) is 15.3 Å². The predicted molar refractivity (Wildman–Crippen MR) is 108 cm³/mol. The van der Waals surface area contributed by atoms with E-state index in [1.54, 1.807) is 19.5 Å². The van der Waals surface area contributed by atoms with E-state index in [4.69, 9.17) is 9.72 Å². The molecule has 2 fully saturated rings. The number of nitrogens with one attached hydrogen (secondary N) is 1. The molecule has 5 rings (SSSR count). The zero-order chi connectivity index (χ0) is 19.1. The lowest BCUT2D eigenvalue weighted by Gasteiger charge is -2.57. The number of carbonyl (C=O) groups is 1. The van der Waals surface area contributed by atoms with E-state index in [1.807, 2.05) is 42.5 Å². The third-order valence-corrected chi connectivity index (χ3v) is 6.27. The highest BCUT2D eigenvalue weighted by Crippen LogP contribution is 2.56. The standard InChI is InChI=1S/C23H23N3O2/c1-28-17-12-23(13-17)10-16(11-23)25-22(27)19-9-21(15-5-4-8-24-14-15)26-20-7-3-2-6-18(19)20/h2-9,14,16-17H,10-13H2,1H3,(H,25,27). The Bertz CT molecular complexity index is 1020. The van der Waals surface area contributed by atoms with Crippen LogP contribution in [0.15, 0.2) is 54.9 Å². The molecule has 0 bridgehead atoms. The Morgan fingerprint density at radius 2 is 1.96 bits per heavy atom. The summed E-state index contributed by atoms with van der Waals surface area (Å²) in [6.45, 7) is 0. The maximum atomic E-state index is 13.1. The molecule has 0 aliphatic heterocycles. The Balaban J connectivity index is 1.40. The quantitative estimate of drug-likeness (QED) is 0.751. The smallest absolute Gasteiger partial charge is 0.252 e. The minimum absolute atomic E-state index is 0.0220. The van der Waals surface area contributed by atoms with Gasteiger partial charge in [-0.05, 0) is 55.4 Å². The molecule has 1 amide bonds. The highest BCUT2D eigenvalue weighted by Gasteiger charge is 2.53. The number of hydrogen-bond acceptors (Lipinski definition) is 4. The average molecular weight is 373 g/mol. The summed E-state index contributed by atoms with van der Waals surface area (Å²) in [5, 5.41) is 4.12. The monoisotopic (exact) mass is 373 g/mol. The van der Waals surface area contributed by atoms with Gasteiger partial charge in [0.05, 0.1) is 22.9 Å². The second-order valence-corrected chi connectivity index (χ2v) is 8.16. The normalized spacial score (nSPS) is 25.9. The molecule has 0 unspecified atom stereocenters. The van der Waals surface area contributed by atoms with Gasteiger partial charge >= 0.3 is 0 Å². The Labute approximate surface area is 164 Å². The van der Waals surface area contributed by atoms with Gasteiger partial charge in [-0.25, -0.2) is 4.98 Å². The van der Waals surface area contributed by atoms with Crippen molar-refractivity contribution in [3.8, 4) is 11.3 Å². The molecular weight excluding hydrogens is 350 g/mol. The average Bonchev–Trinajstić information content (AvgIpc) is 2.68. The number of pyridine rings is 2. The molecule has 0 atom stereocenters. The number of benzene rings is 1. The fourth-order valence-electron chi connectivity index (χ4n) is 4.78. The first kappa shape index (κ1) is 17.3. The molecule has 0 saturated heterocycles. The zero-order valence-electron chi connectivity index (χ0n) is 15.9. The number of amides is 1. The summed E-state index contributed by atoms with van der Waals surface area (Å²) in [5.41, 5.74) is 3.57. The molecule has 2 aliphatic carbocycles. The Hall–Kier alpha value is -2.79. The fraction of sp³-hybridized carbons (Fsp3) is 0.348. The van der Waals surface area contributed by atoms with Crippen molar-refractivity contribution in [2.24, 2.45) is 5.41 Å². The maximum Gasteiger partial charge on any atom is 0.252 e. The van der Waals surface area contributed by atoms with Crippen LogP contribution in [-0.4, -0.2) is 35.1 Å². The van der Waals surface area contributed by atoms with E-state index in [0.717, 1.165) is 47.8 Å². The summed E-state index contributed by atoms with van der Waals surface area (Å²) < 4.78 is 5.41. The molecule has 2 saturated carbocycles. The Kier molecular flexibility index (Phi) is 4.13. The molecule has 1 N–H and O–H groups in total. The minimum atomic E-state index is -0.0220. The van der Waals surface area contributed by atoms with Gasteiger partial charge in [0.2, 0.25) is 0 Å². The molecule has 5 nitrogen and oxygen atoms in total. The molecule has 142 valence electrons. The summed E-state index contributed by atoms with van der Waals surface area (Å²) in [7, 11) is 1.78. The second kappa shape index (κ2) is 6.67. The topological polar surface area (TPSA) is 64.1 Å². The SMILES string of the molecule is COC1CC2(CC(NC(=O)c3cc(-c4cccnc4)nc4ccccc34)C2)C1. The number of nitrogens with zero attached hydrogens (tertiary/aromatic N) is 2. The predicted octanol–water partition coefficient (Wildman–Crippen LogP) is 3.98. The number of hydrogen-bond donors (Lipinski definition) is 1. The van der Waals surface area contributed by atoms with Crippen molar-refractivity contribution in [3.63, 3.8) is 0 Å². The van der Waals surface area contributed by atoms with Crippen molar-refractivity contribution in [2.75, 3.05) is 7.11 Å². The number of para-hydroxylation sites is 1. The number of ether oxygens (including phenoxy) is 1. The van der Waals surface area contributed by atoms with Crippen LogP contribution < -0.4 is 5.32 Å². The highest BCUT2D eigenvalue weighted by molar-refractivity contribution is 6.07. The van der Waals surface area contributed by atoms with Gasteiger partial charge in [0.1, 0.15) is 0 Å². The van der Waals surface area contributed by atoms with Gasteiger partial charge < -0.3 is 10.1 Å². The van der Waals surface area contributed by atoms with Crippen molar-refractivity contribution < 1.29 is 9.53 Å². The Morgan fingerprint density at radius 1 is 1.14 bits per heavy atom. The van der Waals surface area contributed by atoms with E-state index >= 15 is 0 Å². The number of rotatable bonds is 4. The number of fused-ring (bicyclic) bond motifs is 1. The lowest BCUT2D eigenvalue weighted by atomic mass is 9.53. The maximum absolute atomic E-state index is 13.1. The first-order chi connectivity index (χ1) is 13.7. The molecule has 2 aliphatic rings. The van der Waals surface area contributed by atoms with Crippen LogP contribution in [0.4, 0.5) is 0 Å². The molecule has 1 aromatic carbocycles. The number of carbonyl (C=O) groups excluding carboxylic acids is 1. The molecule has 2 heterocycles. The highest BCUT2D eigenvalue weighted by atomic mass is 16.5. The van der Waals surface area contributed by atoms with Crippen molar-refractivity contribution in [2.45, 2.75) is 37.8 Å². The third-order valence-electron chi connectivity index (χ3n) is 6.27. The molecule has 3 aromatic rings. The molecular formula is C23H23N3O2. The summed E-state index contributed by atoms with van der Waals surface area (Å²) in [4.78, 5) is 22.0. The fourth-order valence-corrected chi connectivity index (χ4v) is 4.78. The van der Waals surface area contributed by atoms with E-state index in [2.05, 4.69) is 10.3 Å². The first-order valence-electron chi connectivity index (χ1n) is 9.80. The lowest BCUT2D eigenvalue weighted by molar-refractivity contribution is -0.112. The lowest BCUT2D eigenvalue weighted by Crippen LogP contribution is -2.58. The summed E-state index contributed by atoms with van der Waals surface area (Å²) in [6, 6.07) is 13.8. The number of aromatic nitrogens is 2. The van der Waals surface area contributed by atoms with Gasteiger partial charge in [0.25, 0.3) is 5.91 Å².